The van der Waals surface area contributed by atoms with Gasteiger partial charge in [-0.1, -0.05) is 40.9 Å². The number of nitrogen functional groups attached to an aromatic ring is 1. The molecule has 1 heterocycles. The fourth-order valence-corrected chi connectivity index (χ4v) is 2.23. The highest BCUT2D eigenvalue weighted by Gasteiger charge is 2.16. The van der Waals surface area contributed by atoms with Gasteiger partial charge in [0.15, 0.2) is 0 Å². The first-order valence-electron chi connectivity index (χ1n) is 5.57. The molecule has 2 aromatic rings. The number of aryl methyl sites for hydroxylation is 1. The second-order valence-electron chi connectivity index (χ2n) is 4.11. The van der Waals surface area contributed by atoms with Crippen molar-refractivity contribution in [1.29, 1.82) is 0 Å². The number of pyridine rings is 1. The third-order valence-electron chi connectivity index (χ3n) is 2.63. The Bertz CT molecular complexity index is 689. The molecular weight excluding hydrogens is 321 g/mol. The van der Waals surface area contributed by atoms with Crippen molar-refractivity contribution in [3.05, 3.63) is 50.7 Å². The SMILES string of the molecule is Cc1ccc(Cl)c(NC(=O)c2cc(N)cnc2Cl)c1Cl. The second kappa shape index (κ2) is 5.87. The zero-order valence-electron chi connectivity index (χ0n) is 10.4. The quantitative estimate of drug-likeness (QED) is 0.811. The van der Waals surface area contributed by atoms with E-state index in [9.17, 15) is 4.79 Å². The number of hydrogen-bond acceptors (Lipinski definition) is 3. The van der Waals surface area contributed by atoms with E-state index in [1.54, 1.807) is 12.1 Å². The Labute approximate surface area is 130 Å². The van der Waals surface area contributed by atoms with Crippen LogP contribution in [0.5, 0.6) is 0 Å². The van der Waals surface area contributed by atoms with E-state index in [2.05, 4.69) is 10.3 Å². The van der Waals surface area contributed by atoms with Gasteiger partial charge in [-0.15, -0.1) is 0 Å². The van der Waals surface area contributed by atoms with Crippen molar-refractivity contribution >= 4 is 52.1 Å². The Morgan fingerprint density at radius 2 is 2.00 bits per heavy atom. The van der Waals surface area contributed by atoms with E-state index in [0.717, 1.165) is 5.56 Å². The van der Waals surface area contributed by atoms with Gasteiger partial charge in [0.25, 0.3) is 5.91 Å². The van der Waals surface area contributed by atoms with E-state index >= 15 is 0 Å². The van der Waals surface area contributed by atoms with E-state index in [0.29, 0.717) is 21.4 Å². The van der Waals surface area contributed by atoms with Crippen molar-refractivity contribution in [2.24, 2.45) is 0 Å². The normalized spacial score (nSPS) is 10.4. The lowest BCUT2D eigenvalue weighted by atomic mass is 10.2. The second-order valence-corrected chi connectivity index (χ2v) is 5.26. The minimum atomic E-state index is -0.482. The maximum atomic E-state index is 12.2. The van der Waals surface area contributed by atoms with Crippen LogP contribution in [0.15, 0.2) is 24.4 Å². The molecule has 7 heteroatoms. The van der Waals surface area contributed by atoms with Gasteiger partial charge in [0.1, 0.15) is 5.15 Å². The molecule has 4 nitrogen and oxygen atoms in total. The van der Waals surface area contributed by atoms with E-state index in [-0.39, 0.29) is 10.7 Å². The summed E-state index contributed by atoms with van der Waals surface area (Å²) in [5, 5.41) is 3.38. The van der Waals surface area contributed by atoms with Gasteiger partial charge in [0, 0.05) is 0 Å². The van der Waals surface area contributed by atoms with Crippen molar-refractivity contribution in [2.45, 2.75) is 6.92 Å². The van der Waals surface area contributed by atoms with Gasteiger partial charge >= 0.3 is 0 Å². The van der Waals surface area contributed by atoms with E-state index in [1.807, 2.05) is 6.92 Å². The summed E-state index contributed by atoms with van der Waals surface area (Å²) < 4.78 is 0. The number of nitrogens with one attached hydrogen (secondary N) is 1. The lowest BCUT2D eigenvalue weighted by Crippen LogP contribution is -2.14. The number of carbonyl (C=O) groups is 1. The summed E-state index contributed by atoms with van der Waals surface area (Å²) in [4.78, 5) is 16.0. The fraction of sp³-hybridized carbons (Fsp3) is 0.0769. The number of nitrogens with two attached hydrogens (primary N) is 1. The monoisotopic (exact) mass is 329 g/mol. The highest BCUT2D eigenvalue weighted by molar-refractivity contribution is 6.41. The van der Waals surface area contributed by atoms with Crippen molar-refractivity contribution in [3.63, 3.8) is 0 Å². The molecular formula is C13H10Cl3N3O. The first-order chi connectivity index (χ1) is 9.40. The molecule has 0 atom stereocenters. The van der Waals surface area contributed by atoms with Gasteiger partial charge in [-0.25, -0.2) is 4.98 Å². The lowest BCUT2D eigenvalue weighted by Gasteiger charge is -2.11. The van der Waals surface area contributed by atoms with Crippen LogP contribution < -0.4 is 11.1 Å². The summed E-state index contributed by atoms with van der Waals surface area (Å²) in [7, 11) is 0. The number of aromatic nitrogens is 1. The topological polar surface area (TPSA) is 68.0 Å². The van der Waals surface area contributed by atoms with Gasteiger partial charge in [-0.05, 0) is 24.6 Å². The molecule has 0 saturated carbocycles. The van der Waals surface area contributed by atoms with Crippen LogP contribution in [0.1, 0.15) is 15.9 Å². The molecule has 104 valence electrons. The largest absolute Gasteiger partial charge is 0.397 e. The third kappa shape index (κ3) is 2.98. The van der Waals surface area contributed by atoms with E-state index in [1.165, 1.54) is 12.3 Å². The maximum Gasteiger partial charge on any atom is 0.258 e. The summed E-state index contributed by atoms with van der Waals surface area (Å²) in [6.07, 6.45) is 1.37. The van der Waals surface area contributed by atoms with E-state index < -0.39 is 5.91 Å². The molecule has 0 saturated heterocycles. The number of carbonyl (C=O) groups excluding carboxylic acids is 1. The highest BCUT2D eigenvalue weighted by atomic mass is 35.5. The lowest BCUT2D eigenvalue weighted by molar-refractivity contribution is 0.102. The zero-order chi connectivity index (χ0) is 14.9. The van der Waals surface area contributed by atoms with Crippen molar-refractivity contribution in [3.8, 4) is 0 Å². The summed E-state index contributed by atoms with van der Waals surface area (Å²) in [5.74, 6) is -0.482. The first kappa shape index (κ1) is 14.9. The van der Waals surface area contributed by atoms with Gasteiger partial charge in [0.05, 0.1) is 33.2 Å². The van der Waals surface area contributed by atoms with Crippen LogP contribution in [0.25, 0.3) is 0 Å². The molecule has 1 aromatic carbocycles. The van der Waals surface area contributed by atoms with Crippen LogP contribution in [0.2, 0.25) is 15.2 Å². The summed E-state index contributed by atoms with van der Waals surface area (Å²) in [5.41, 5.74) is 7.20. The first-order valence-corrected chi connectivity index (χ1v) is 6.70. The van der Waals surface area contributed by atoms with Crippen molar-refractivity contribution in [1.82, 2.24) is 4.98 Å². The molecule has 0 unspecified atom stereocenters. The predicted molar refractivity (Wildman–Crippen MR) is 82.8 cm³/mol. The molecule has 20 heavy (non-hydrogen) atoms. The Morgan fingerprint density at radius 1 is 1.30 bits per heavy atom. The van der Waals surface area contributed by atoms with Gasteiger partial charge < -0.3 is 11.1 Å². The number of amides is 1. The number of halogens is 3. The summed E-state index contributed by atoms with van der Waals surface area (Å²) in [6, 6.07) is 4.84. The smallest absolute Gasteiger partial charge is 0.258 e. The van der Waals surface area contributed by atoms with Gasteiger partial charge in [0.2, 0.25) is 0 Å². The highest BCUT2D eigenvalue weighted by Crippen LogP contribution is 2.33. The van der Waals surface area contributed by atoms with Crippen LogP contribution in [-0.2, 0) is 0 Å². The molecule has 0 aliphatic carbocycles. The van der Waals surface area contributed by atoms with Crippen LogP contribution in [0.3, 0.4) is 0 Å². The van der Waals surface area contributed by atoms with Crippen LogP contribution in [0.4, 0.5) is 11.4 Å². The predicted octanol–water partition coefficient (Wildman–Crippen LogP) is 4.18. The standard InChI is InChI=1S/C13H10Cl3N3O/c1-6-2-3-9(14)11(10(6)15)19-13(20)8-4-7(17)5-18-12(8)16/h2-5H,17H2,1H3,(H,19,20). The minimum absolute atomic E-state index is 0.0524. The third-order valence-corrected chi connectivity index (χ3v) is 3.73. The molecule has 0 spiro atoms. The Balaban J connectivity index is 2.38. The summed E-state index contributed by atoms with van der Waals surface area (Å²) in [6.45, 7) is 1.81. The molecule has 0 aliphatic rings. The number of anilines is 2. The molecule has 0 radical (unpaired) electrons. The Hall–Kier alpha value is -1.49. The molecule has 0 aliphatic heterocycles. The maximum absolute atomic E-state index is 12.2. The van der Waals surface area contributed by atoms with Crippen LogP contribution in [0, 0.1) is 6.92 Å². The summed E-state index contributed by atoms with van der Waals surface area (Å²) >= 11 is 18.0. The van der Waals surface area contributed by atoms with E-state index in [4.69, 9.17) is 40.5 Å². The number of nitrogens with zero attached hydrogens (tertiary/aromatic N) is 1. The Morgan fingerprint density at radius 3 is 2.70 bits per heavy atom. The number of rotatable bonds is 2. The average Bonchev–Trinajstić information content (AvgIpc) is 2.41. The zero-order valence-corrected chi connectivity index (χ0v) is 12.6. The average molecular weight is 331 g/mol. The molecule has 1 amide bonds. The minimum Gasteiger partial charge on any atom is -0.397 e. The fourth-order valence-electron chi connectivity index (χ4n) is 1.58. The van der Waals surface area contributed by atoms with Crippen LogP contribution in [-0.4, -0.2) is 10.9 Å². The Kier molecular flexibility index (Phi) is 4.38. The van der Waals surface area contributed by atoms with Gasteiger partial charge in [-0.2, -0.15) is 0 Å². The molecule has 0 bridgehead atoms. The van der Waals surface area contributed by atoms with Gasteiger partial charge in [-0.3, -0.25) is 4.79 Å². The number of hydrogen-bond donors (Lipinski definition) is 2. The molecule has 0 fully saturated rings. The molecule has 1 aromatic heterocycles. The number of benzene rings is 1. The molecule has 2 rings (SSSR count). The van der Waals surface area contributed by atoms with Crippen molar-refractivity contribution in [2.75, 3.05) is 11.1 Å². The van der Waals surface area contributed by atoms with Crippen LogP contribution >= 0.6 is 34.8 Å². The van der Waals surface area contributed by atoms with Crippen molar-refractivity contribution < 1.29 is 4.79 Å². The molecule has 3 N–H and O–H groups in total.